The van der Waals surface area contributed by atoms with Crippen LogP contribution in [0.1, 0.15) is 73.1 Å². The maximum absolute atomic E-state index is 13.3. The van der Waals surface area contributed by atoms with Crippen molar-refractivity contribution in [2.75, 3.05) is 26.4 Å². The molecule has 0 fully saturated rings. The Kier molecular flexibility index (Phi) is 14.0. The fourth-order valence-electron chi connectivity index (χ4n) is 9.54. The first-order valence-electron chi connectivity index (χ1n) is 24.5. The summed E-state index contributed by atoms with van der Waals surface area (Å²) in [5, 5.41) is 6.06. The number of fused-ring (bicyclic) bond motifs is 8. The smallest absolute Gasteiger partial charge is 0.315 e. The molecule has 8 aromatic rings. The van der Waals surface area contributed by atoms with Gasteiger partial charge in [-0.05, 0) is 111 Å². The normalized spacial score (nSPS) is 11.5. The third-order valence-corrected chi connectivity index (χ3v) is 13.1. The zero-order valence-electron chi connectivity index (χ0n) is 40.3. The predicted molar refractivity (Wildman–Crippen MR) is 279 cm³/mol. The van der Waals surface area contributed by atoms with Gasteiger partial charge in [-0.3, -0.25) is 19.2 Å². The van der Waals surface area contributed by atoms with Crippen LogP contribution in [0.2, 0.25) is 0 Å². The molecule has 0 bridgehead atoms. The van der Waals surface area contributed by atoms with Crippen LogP contribution >= 0.6 is 0 Å². The molecule has 0 unspecified atom stereocenters. The van der Waals surface area contributed by atoms with E-state index in [1.165, 1.54) is 6.92 Å². The Labute approximate surface area is 415 Å². The van der Waals surface area contributed by atoms with Gasteiger partial charge in [-0.2, -0.15) is 0 Å². The largest absolute Gasteiger partial charge is 0.494 e. The molecule has 3 heterocycles. The Morgan fingerprint density at radius 1 is 0.472 bits per heavy atom. The van der Waals surface area contributed by atoms with Crippen molar-refractivity contribution in [1.82, 2.24) is 9.13 Å². The van der Waals surface area contributed by atoms with Crippen LogP contribution in [0.3, 0.4) is 0 Å². The molecule has 12 nitrogen and oxygen atoms in total. The number of ether oxygens (including phenoxy) is 5. The number of aryl methyl sites for hydroxylation is 2. The second-order valence-corrected chi connectivity index (χ2v) is 18.0. The lowest BCUT2D eigenvalue weighted by molar-refractivity contribution is -0.159. The molecule has 10 rings (SSSR count). The van der Waals surface area contributed by atoms with Crippen molar-refractivity contribution in [1.29, 1.82) is 0 Å². The number of carbonyl (C=O) groups is 4. The molecule has 0 saturated carbocycles. The van der Waals surface area contributed by atoms with E-state index in [2.05, 4.69) is 21.3 Å². The Bertz CT molecular complexity index is 3600. The molecular weight excluding hydrogens is 909 g/mol. The van der Waals surface area contributed by atoms with Crippen LogP contribution in [0.25, 0.3) is 65.7 Å². The number of benzene rings is 6. The molecule has 0 amide bonds. The number of hydrogen-bond acceptors (Lipinski definition) is 10. The van der Waals surface area contributed by atoms with Crippen LogP contribution in [0.4, 0.5) is 0 Å². The Morgan fingerprint density at radius 3 is 1.56 bits per heavy atom. The third-order valence-electron chi connectivity index (χ3n) is 13.1. The number of hydrogen-bond donors (Lipinski definition) is 0. The number of rotatable bonds is 22. The molecule has 1 aliphatic heterocycles. The third kappa shape index (κ3) is 10.3. The van der Waals surface area contributed by atoms with E-state index in [4.69, 9.17) is 28.1 Å². The van der Waals surface area contributed by atoms with E-state index in [9.17, 15) is 19.2 Å². The standard InChI is InChI=1S/C60H54N2O10/c1-39(63)42-34-52-57(25-32-71-58(52)35-42)70-31-12-11-29-68-44-20-22-50-48-16-6-8-18-54(48)62(56(50)38-44)27-24-60(66)72-59(65)23-26-61-53-17-7-5-15-47(53)49-21-19-43(37-55(49)61)67-28-9-10-30-69-45-33-41-13-3-4-14-46(41)51(36-45)40(2)64/h3-8,13-22,25,32-38H,9-12,23-24,26-31H2,1-2H3. The summed E-state index contributed by atoms with van der Waals surface area (Å²) in [6.07, 6.45) is 4.60. The van der Waals surface area contributed by atoms with Crippen LogP contribution in [-0.2, 0) is 27.4 Å². The van der Waals surface area contributed by atoms with Crippen molar-refractivity contribution in [2.24, 2.45) is 0 Å². The molecule has 2 aliphatic rings. The molecule has 1 aliphatic carbocycles. The van der Waals surface area contributed by atoms with Gasteiger partial charge in [-0.25, -0.2) is 0 Å². The maximum Gasteiger partial charge on any atom is 0.315 e. The number of nitrogens with zero attached hydrogens (tertiary/aromatic N) is 2. The lowest BCUT2D eigenvalue weighted by Crippen LogP contribution is -2.16. The summed E-state index contributed by atoms with van der Waals surface area (Å²) in [7, 11) is 0. The van der Waals surface area contributed by atoms with Gasteiger partial charge in [-0.1, -0.05) is 60.7 Å². The zero-order chi connectivity index (χ0) is 49.6. The highest BCUT2D eigenvalue weighted by atomic mass is 16.6. The van der Waals surface area contributed by atoms with Crippen LogP contribution in [0.5, 0.6) is 23.0 Å². The number of Topliss-reactive ketones (excluding diaryl/α,β-unsaturated/α-hetero) is 2. The molecule has 0 saturated heterocycles. The number of para-hydroxylation sites is 2. The molecule has 12 heteroatoms. The first kappa shape index (κ1) is 47.3. The summed E-state index contributed by atoms with van der Waals surface area (Å²) in [5.74, 6) is 2.17. The van der Waals surface area contributed by atoms with Gasteiger partial charge >= 0.3 is 11.9 Å². The maximum atomic E-state index is 13.3. The summed E-state index contributed by atoms with van der Waals surface area (Å²) in [6.45, 7) is 5.65. The minimum Gasteiger partial charge on any atom is -0.494 e. The first-order valence-corrected chi connectivity index (χ1v) is 24.5. The van der Waals surface area contributed by atoms with Crippen molar-refractivity contribution < 1.29 is 47.3 Å². The number of esters is 2. The Morgan fingerprint density at radius 2 is 0.986 bits per heavy atom. The topological polar surface area (TPSA) is 137 Å². The molecule has 364 valence electrons. The number of ketones is 2. The lowest BCUT2D eigenvalue weighted by atomic mass is 10.0. The van der Waals surface area contributed by atoms with Crippen molar-refractivity contribution in [2.45, 2.75) is 65.5 Å². The second-order valence-electron chi connectivity index (χ2n) is 18.0. The monoisotopic (exact) mass is 962 g/mol. The molecule has 0 radical (unpaired) electrons. The van der Waals surface area contributed by atoms with E-state index >= 15 is 0 Å². The number of carbonyl (C=O) groups excluding carboxylic acids is 4. The van der Waals surface area contributed by atoms with Crippen molar-refractivity contribution >= 4 is 77.9 Å². The average molecular weight is 963 g/mol. The zero-order valence-corrected chi connectivity index (χ0v) is 40.3. The molecule has 0 N–H and O–H groups in total. The summed E-state index contributed by atoms with van der Waals surface area (Å²) < 4.78 is 39.6. The highest BCUT2D eigenvalue weighted by Crippen LogP contribution is 2.36. The fourth-order valence-corrected chi connectivity index (χ4v) is 9.54. The Hall–Kier alpha value is -8.38. The quantitative estimate of drug-likeness (QED) is 0.0279. The van der Waals surface area contributed by atoms with Crippen LogP contribution in [0.15, 0.2) is 150 Å². The van der Waals surface area contributed by atoms with Crippen molar-refractivity contribution in [3.05, 3.63) is 157 Å². The first-order chi connectivity index (χ1) is 35.2. The Balaban J connectivity index is 0.716. The van der Waals surface area contributed by atoms with Crippen LogP contribution in [0, 0.1) is 0 Å². The SMILES string of the molecule is CC(=O)c1cc2occc(OCCCCOc3ccc4c5ccccc5n(CCC(=O)OC(=O)CCn5c6ccccc6c6ccc(OCCCCOc7cc(C(C)=O)c8ccccc8c7)cc65)c4c3)c-2c1. The van der Waals surface area contributed by atoms with Crippen LogP contribution in [-0.4, -0.2) is 59.1 Å². The van der Waals surface area contributed by atoms with Crippen molar-refractivity contribution in [3.63, 3.8) is 0 Å². The van der Waals surface area contributed by atoms with Gasteiger partial charge in [0.1, 0.15) is 28.8 Å². The van der Waals surface area contributed by atoms with Gasteiger partial charge in [0.05, 0.1) is 62.1 Å². The molecule has 6 aromatic carbocycles. The summed E-state index contributed by atoms with van der Waals surface area (Å²) in [4.78, 5) is 50.8. The minimum atomic E-state index is -0.592. The van der Waals surface area contributed by atoms with Gasteiger partial charge in [0.25, 0.3) is 0 Å². The molecule has 0 spiro atoms. The minimum absolute atomic E-state index is 0.000355. The van der Waals surface area contributed by atoms with E-state index in [0.717, 1.165) is 85.6 Å². The molecule has 0 atom stereocenters. The lowest BCUT2D eigenvalue weighted by Gasteiger charge is -2.11. The average Bonchev–Trinajstić information content (AvgIpc) is 4.07. The molecule has 2 aromatic heterocycles. The van der Waals surface area contributed by atoms with E-state index in [-0.39, 0.29) is 24.4 Å². The van der Waals surface area contributed by atoms with Gasteiger partial charge in [0.15, 0.2) is 11.6 Å². The molecular formula is C60H54N2O10. The summed E-state index contributed by atoms with van der Waals surface area (Å²) in [6, 6.07) is 45.0. The van der Waals surface area contributed by atoms with E-state index < -0.39 is 11.9 Å². The van der Waals surface area contributed by atoms with Gasteiger partial charge in [-0.15, -0.1) is 0 Å². The predicted octanol–water partition coefficient (Wildman–Crippen LogP) is 13.2. The van der Waals surface area contributed by atoms with Gasteiger partial charge in [0, 0.05) is 75.0 Å². The van der Waals surface area contributed by atoms with Crippen molar-refractivity contribution in [3.8, 4) is 34.3 Å². The summed E-state index contributed by atoms with van der Waals surface area (Å²) in [5.41, 5.74) is 5.79. The van der Waals surface area contributed by atoms with Crippen LogP contribution < -0.4 is 18.9 Å². The van der Waals surface area contributed by atoms with Gasteiger partial charge < -0.3 is 37.2 Å². The fraction of sp³-hybridized carbons (Fsp3) is 0.233. The van der Waals surface area contributed by atoms with E-state index in [0.29, 0.717) is 79.4 Å². The number of unbranched alkanes of at least 4 members (excludes halogenated alkanes) is 2. The van der Waals surface area contributed by atoms with Gasteiger partial charge in [0.2, 0.25) is 0 Å². The highest BCUT2D eigenvalue weighted by molar-refractivity contribution is 6.10. The highest BCUT2D eigenvalue weighted by Gasteiger charge is 2.19. The van der Waals surface area contributed by atoms with E-state index in [1.807, 2.05) is 109 Å². The van der Waals surface area contributed by atoms with E-state index in [1.54, 1.807) is 31.4 Å². The summed E-state index contributed by atoms with van der Waals surface area (Å²) >= 11 is 0. The molecule has 72 heavy (non-hydrogen) atoms. The number of aromatic nitrogens is 2. The second kappa shape index (κ2) is 21.3.